The second-order valence-electron chi connectivity index (χ2n) is 6.11. The molecule has 3 heteroatoms. The van der Waals surface area contributed by atoms with Crippen molar-refractivity contribution < 1.29 is 9.53 Å². The number of benzene rings is 1. The summed E-state index contributed by atoms with van der Waals surface area (Å²) in [6, 6.07) is 5.70. The summed E-state index contributed by atoms with van der Waals surface area (Å²) in [7, 11) is 0. The van der Waals surface area contributed by atoms with E-state index in [1.54, 1.807) is 0 Å². The zero-order chi connectivity index (χ0) is 14.3. The molecule has 3 unspecified atom stereocenters. The molecule has 1 aromatic rings. The molecule has 0 saturated heterocycles. The molecule has 2 nitrogen and oxygen atoms in total. The lowest BCUT2D eigenvalue weighted by atomic mass is 9.78. The maximum atomic E-state index is 12.3. The number of Topliss-reactive ketones (excluding diaryl/α,β-unsaturated/α-hetero) is 1. The van der Waals surface area contributed by atoms with Gasteiger partial charge < -0.3 is 4.74 Å². The summed E-state index contributed by atoms with van der Waals surface area (Å²) < 4.78 is 7.05. The number of halogens is 1. The van der Waals surface area contributed by atoms with Gasteiger partial charge in [-0.2, -0.15) is 0 Å². The molecule has 1 aromatic carbocycles. The number of fused-ring (bicyclic) bond motifs is 1. The van der Waals surface area contributed by atoms with Crippen LogP contribution < -0.4 is 4.74 Å². The Balaban J connectivity index is 1.83. The number of rotatable bonds is 1. The fourth-order valence-electron chi connectivity index (χ4n) is 3.46. The number of carbonyl (C=O) groups is 1. The van der Waals surface area contributed by atoms with E-state index in [-0.39, 0.29) is 11.9 Å². The lowest BCUT2D eigenvalue weighted by molar-refractivity contribution is 0.0685. The monoisotopic (exact) mass is 334 g/mol. The van der Waals surface area contributed by atoms with E-state index in [1.807, 2.05) is 18.2 Å². The van der Waals surface area contributed by atoms with Crippen molar-refractivity contribution in [3.8, 4) is 5.75 Å². The highest BCUT2D eigenvalue weighted by atomic mass is 79.9. The molecule has 3 atom stereocenters. The van der Waals surface area contributed by atoms with Gasteiger partial charge in [0.15, 0.2) is 5.78 Å². The number of ether oxygens (including phenoxy) is 1. The minimum atomic E-state index is 0.0299. The molecule has 0 bridgehead atoms. The second-order valence-corrected chi connectivity index (χ2v) is 7.03. The third-order valence-electron chi connectivity index (χ3n) is 4.26. The van der Waals surface area contributed by atoms with Crippen LogP contribution in [0.15, 0.2) is 34.3 Å². The first-order chi connectivity index (χ1) is 9.52. The standard InChI is InChI=1S/C17H19BrO2/c1-10-5-11(2)7-12(6-10)17-9-15(19)14-8-13(18)3-4-16(14)20-17/h3-5,8,10,12,17H,6-7,9H2,1-2H3. The van der Waals surface area contributed by atoms with Gasteiger partial charge in [0.25, 0.3) is 0 Å². The van der Waals surface area contributed by atoms with E-state index >= 15 is 0 Å². The van der Waals surface area contributed by atoms with Crippen LogP contribution in [0.25, 0.3) is 0 Å². The zero-order valence-corrected chi connectivity index (χ0v) is 13.4. The van der Waals surface area contributed by atoms with Gasteiger partial charge in [-0.15, -0.1) is 0 Å². The highest BCUT2D eigenvalue weighted by molar-refractivity contribution is 9.10. The van der Waals surface area contributed by atoms with Crippen molar-refractivity contribution in [1.82, 2.24) is 0 Å². The van der Waals surface area contributed by atoms with Crippen LogP contribution in [0.2, 0.25) is 0 Å². The van der Waals surface area contributed by atoms with Gasteiger partial charge in [-0.05, 0) is 43.9 Å². The van der Waals surface area contributed by atoms with Crippen LogP contribution >= 0.6 is 15.9 Å². The highest BCUT2D eigenvalue weighted by Crippen LogP contribution is 2.38. The van der Waals surface area contributed by atoms with E-state index in [0.717, 1.165) is 23.1 Å². The van der Waals surface area contributed by atoms with Gasteiger partial charge in [-0.25, -0.2) is 0 Å². The van der Waals surface area contributed by atoms with Crippen LogP contribution in [0, 0.1) is 11.8 Å². The second kappa shape index (κ2) is 5.36. The van der Waals surface area contributed by atoms with E-state index in [1.165, 1.54) is 5.57 Å². The average molecular weight is 335 g/mol. The van der Waals surface area contributed by atoms with Gasteiger partial charge in [0, 0.05) is 16.8 Å². The molecule has 0 amide bonds. The largest absolute Gasteiger partial charge is 0.489 e. The number of allylic oxidation sites excluding steroid dienone is 2. The predicted molar refractivity (Wildman–Crippen MR) is 83.2 cm³/mol. The van der Waals surface area contributed by atoms with Crippen molar-refractivity contribution in [2.45, 2.75) is 39.2 Å². The summed E-state index contributed by atoms with van der Waals surface area (Å²) in [5.41, 5.74) is 2.14. The van der Waals surface area contributed by atoms with Crippen LogP contribution in [-0.4, -0.2) is 11.9 Å². The summed E-state index contributed by atoms with van der Waals surface area (Å²) in [4.78, 5) is 12.3. The number of carbonyl (C=O) groups excluding carboxylic acids is 1. The smallest absolute Gasteiger partial charge is 0.170 e. The lowest BCUT2D eigenvalue weighted by Gasteiger charge is -2.35. The minimum absolute atomic E-state index is 0.0299. The Morgan fingerprint density at radius 3 is 2.85 bits per heavy atom. The van der Waals surface area contributed by atoms with E-state index in [4.69, 9.17) is 4.74 Å². The first-order valence-corrected chi connectivity index (χ1v) is 7.99. The fraction of sp³-hybridized carbons (Fsp3) is 0.471. The van der Waals surface area contributed by atoms with E-state index in [0.29, 0.717) is 23.8 Å². The first kappa shape index (κ1) is 13.9. The fourth-order valence-corrected chi connectivity index (χ4v) is 3.82. The Morgan fingerprint density at radius 1 is 1.30 bits per heavy atom. The van der Waals surface area contributed by atoms with Gasteiger partial charge >= 0.3 is 0 Å². The Hall–Kier alpha value is -1.09. The molecule has 1 heterocycles. The van der Waals surface area contributed by atoms with Crippen molar-refractivity contribution in [3.05, 3.63) is 39.9 Å². The zero-order valence-electron chi connectivity index (χ0n) is 11.9. The average Bonchev–Trinajstić information content (AvgIpc) is 2.38. The SMILES string of the molecule is CC1=CC(C)CC(C2CC(=O)c3cc(Br)ccc3O2)C1. The molecule has 0 saturated carbocycles. The highest BCUT2D eigenvalue weighted by Gasteiger charge is 2.34. The van der Waals surface area contributed by atoms with Crippen LogP contribution in [-0.2, 0) is 0 Å². The van der Waals surface area contributed by atoms with Gasteiger partial charge in [-0.1, -0.05) is 34.5 Å². The third kappa shape index (κ3) is 2.69. The van der Waals surface area contributed by atoms with E-state index in [9.17, 15) is 4.79 Å². The first-order valence-electron chi connectivity index (χ1n) is 7.19. The molecule has 1 aliphatic carbocycles. The molecular weight excluding hydrogens is 316 g/mol. The third-order valence-corrected chi connectivity index (χ3v) is 4.75. The Bertz CT molecular complexity index is 576. The number of ketones is 1. The summed E-state index contributed by atoms with van der Waals surface area (Å²) in [6.07, 6.45) is 5.04. The Kier molecular flexibility index (Phi) is 3.72. The van der Waals surface area contributed by atoms with Crippen molar-refractivity contribution in [1.29, 1.82) is 0 Å². The predicted octanol–water partition coefficient (Wildman–Crippen LogP) is 4.78. The van der Waals surface area contributed by atoms with Crippen LogP contribution in [0.1, 0.15) is 43.5 Å². The molecule has 106 valence electrons. The summed E-state index contributed by atoms with van der Waals surface area (Å²) in [5.74, 6) is 1.99. The Morgan fingerprint density at radius 2 is 2.10 bits per heavy atom. The van der Waals surface area contributed by atoms with Crippen molar-refractivity contribution >= 4 is 21.7 Å². The maximum absolute atomic E-state index is 12.3. The van der Waals surface area contributed by atoms with Crippen LogP contribution in [0.4, 0.5) is 0 Å². The molecular formula is C17H19BrO2. The number of hydrogen-bond acceptors (Lipinski definition) is 2. The molecule has 0 radical (unpaired) electrons. The van der Waals surface area contributed by atoms with Crippen LogP contribution in [0.5, 0.6) is 5.75 Å². The number of hydrogen-bond donors (Lipinski definition) is 0. The molecule has 0 spiro atoms. The van der Waals surface area contributed by atoms with Crippen molar-refractivity contribution in [2.24, 2.45) is 11.8 Å². The molecule has 0 aromatic heterocycles. The topological polar surface area (TPSA) is 26.3 Å². The van der Waals surface area contributed by atoms with Gasteiger partial charge in [0.05, 0.1) is 5.56 Å². The Labute approximate surface area is 128 Å². The van der Waals surface area contributed by atoms with Gasteiger partial charge in [0.1, 0.15) is 11.9 Å². The lowest BCUT2D eigenvalue weighted by Crippen LogP contribution is -2.35. The molecule has 0 fully saturated rings. The summed E-state index contributed by atoms with van der Waals surface area (Å²) >= 11 is 3.41. The van der Waals surface area contributed by atoms with Crippen molar-refractivity contribution in [2.75, 3.05) is 0 Å². The summed E-state index contributed by atoms with van der Waals surface area (Å²) in [6.45, 7) is 4.42. The normalized spacial score (nSPS) is 29.4. The molecule has 3 rings (SSSR count). The van der Waals surface area contributed by atoms with Gasteiger partial charge in [0.2, 0.25) is 0 Å². The van der Waals surface area contributed by atoms with Crippen LogP contribution in [0.3, 0.4) is 0 Å². The summed E-state index contributed by atoms with van der Waals surface area (Å²) in [5, 5.41) is 0. The maximum Gasteiger partial charge on any atom is 0.170 e. The van der Waals surface area contributed by atoms with E-state index in [2.05, 4.69) is 35.9 Å². The molecule has 2 aliphatic rings. The minimum Gasteiger partial charge on any atom is -0.489 e. The molecule has 1 aliphatic heterocycles. The van der Waals surface area contributed by atoms with E-state index < -0.39 is 0 Å². The molecule has 20 heavy (non-hydrogen) atoms. The van der Waals surface area contributed by atoms with Crippen molar-refractivity contribution in [3.63, 3.8) is 0 Å². The quantitative estimate of drug-likeness (QED) is 0.691. The van der Waals surface area contributed by atoms with Gasteiger partial charge in [-0.3, -0.25) is 4.79 Å². The molecule has 0 N–H and O–H groups in total.